The molecule has 27 heavy (non-hydrogen) atoms. The Kier molecular flexibility index (Phi) is 5.53. The van der Waals surface area contributed by atoms with Gasteiger partial charge in [-0.2, -0.15) is 5.26 Å². The van der Waals surface area contributed by atoms with Crippen molar-refractivity contribution in [1.82, 2.24) is 4.57 Å². The maximum Gasteiger partial charge on any atom is 0.266 e. The molecule has 0 aliphatic rings. The van der Waals surface area contributed by atoms with E-state index in [9.17, 15) is 10.1 Å². The van der Waals surface area contributed by atoms with Crippen LogP contribution in [-0.4, -0.2) is 10.5 Å². The molecule has 0 saturated carbocycles. The average Bonchev–Trinajstić information content (AvgIpc) is 3.07. The van der Waals surface area contributed by atoms with Crippen LogP contribution in [-0.2, 0) is 11.2 Å². The lowest BCUT2D eigenvalue weighted by molar-refractivity contribution is -0.112. The Morgan fingerprint density at radius 2 is 1.85 bits per heavy atom. The summed E-state index contributed by atoms with van der Waals surface area (Å²) >= 11 is 0. The number of nitriles is 1. The lowest BCUT2D eigenvalue weighted by Gasteiger charge is -2.05. The Morgan fingerprint density at radius 1 is 1.15 bits per heavy atom. The van der Waals surface area contributed by atoms with Crippen LogP contribution < -0.4 is 5.32 Å². The van der Waals surface area contributed by atoms with Crippen molar-refractivity contribution >= 4 is 17.7 Å². The van der Waals surface area contributed by atoms with E-state index >= 15 is 0 Å². The molecule has 0 atom stereocenters. The van der Waals surface area contributed by atoms with Gasteiger partial charge in [-0.1, -0.05) is 37.3 Å². The molecule has 1 N–H and O–H groups in total. The summed E-state index contributed by atoms with van der Waals surface area (Å²) in [5, 5.41) is 12.2. The number of hydrogen-bond acceptors (Lipinski definition) is 2. The molecule has 2 aromatic carbocycles. The fraction of sp³-hybridized carbons (Fsp3) is 0.130. The first-order valence-corrected chi connectivity index (χ1v) is 8.87. The number of amides is 1. The number of aryl methyl sites for hydroxylation is 2. The van der Waals surface area contributed by atoms with E-state index in [-0.39, 0.29) is 5.57 Å². The molecule has 0 radical (unpaired) electrons. The highest BCUT2D eigenvalue weighted by molar-refractivity contribution is 6.09. The molecule has 4 nitrogen and oxygen atoms in total. The van der Waals surface area contributed by atoms with Gasteiger partial charge in [-0.05, 0) is 60.9 Å². The maximum atomic E-state index is 12.5. The van der Waals surface area contributed by atoms with E-state index in [2.05, 4.69) is 12.2 Å². The lowest BCUT2D eigenvalue weighted by Crippen LogP contribution is -2.13. The summed E-state index contributed by atoms with van der Waals surface area (Å²) in [5.41, 5.74) is 4.82. The molecule has 4 heteroatoms. The highest BCUT2D eigenvalue weighted by Gasteiger charge is 2.11. The Hall–Kier alpha value is -3.58. The molecular weight excluding hydrogens is 334 g/mol. The molecule has 1 amide bonds. The number of carbonyl (C=O) groups excluding carboxylic acids is 1. The molecule has 134 valence electrons. The second-order valence-corrected chi connectivity index (χ2v) is 6.29. The molecule has 0 bridgehead atoms. The Labute approximate surface area is 159 Å². The van der Waals surface area contributed by atoms with Crippen LogP contribution in [0, 0.1) is 18.3 Å². The fourth-order valence-electron chi connectivity index (χ4n) is 2.88. The fourth-order valence-corrected chi connectivity index (χ4v) is 2.88. The minimum Gasteiger partial charge on any atom is -0.321 e. The van der Waals surface area contributed by atoms with Crippen molar-refractivity contribution in [2.75, 3.05) is 5.32 Å². The van der Waals surface area contributed by atoms with Gasteiger partial charge in [0.15, 0.2) is 0 Å². The topological polar surface area (TPSA) is 57.8 Å². The van der Waals surface area contributed by atoms with E-state index in [1.54, 1.807) is 6.08 Å². The van der Waals surface area contributed by atoms with Gasteiger partial charge >= 0.3 is 0 Å². The van der Waals surface area contributed by atoms with Crippen molar-refractivity contribution in [3.05, 3.63) is 89.3 Å². The summed E-state index contributed by atoms with van der Waals surface area (Å²) in [7, 11) is 0. The van der Waals surface area contributed by atoms with Crippen LogP contribution >= 0.6 is 0 Å². The van der Waals surface area contributed by atoms with Crippen LogP contribution in [0.3, 0.4) is 0 Å². The minimum absolute atomic E-state index is 0.0692. The Bertz CT molecular complexity index is 1010. The molecule has 1 heterocycles. The van der Waals surface area contributed by atoms with E-state index in [1.165, 1.54) is 5.56 Å². The van der Waals surface area contributed by atoms with Gasteiger partial charge in [0.1, 0.15) is 11.6 Å². The molecule has 0 spiro atoms. The molecule has 0 saturated heterocycles. The number of benzene rings is 2. The van der Waals surface area contributed by atoms with Crippen LogP contribution in [0.2, 0.25) is 0 Å². The summed E-state index contributed by atoms with van der Waals surface area (Å²) in [6.45, 7) is 4.07. The molecule has 0 aliphatic heterocycles. The maximum absolute atomic E-state index is 12.5. The molecule has 0 aliphatic carbocycles. The standard InChI is InChI=1S/C23H21N3O/c1-3-18-9-11-21(12-10-18)25-23(27)20(15-24)14-19-13-17(2)26(16-19)22-7-5-4-6-8-22/h4-14,16H,3H2,1-2H3,(H,25,27)/b20-14+. The average molecular weight is 355 g/mol. The molecular formula is C23H21N3O. The zero-order valence-electron chi connectivity index (χ0n) is 15.4. The number of para-hydroxylation sites is 1. The van der Waals surface area contributed by atoms with Crippen LogP contribution in [0.1, 0.15) is 23.7 Å². The number of hydrogen-bond donors (Lipinski definition) is 1. The first-order valence-electron chi connectivity index (χ1n) is 8.87. The Balaban J connectivity index is 1.81. The molecule has 3 aromatic rings. The van der Waals surface area contributed by atoms with Gasteiger partial charge in [-0.15, -0.1) is 0 Å². The van der Waals surface area contributed by atoms with E-state index < -0.39 is 5.91 Å². The van der Waals surface area contributed by atoms with Gasteiger partial charge < -0.3 is 9.88 Å². The minimum atomic E-state index is -0.410. The van der Waals surface area contributed by atoms with Crippen molar-refractivity contribution in [3.63, 3.8) is 0 Å². The van der Waals surface area contributed by atoms with Crippen LogP contribution in [0.4, 0.5) is 5.69 Å². The highest BCUT2D eigenvalue weighted by atomic mass is 16.1. The lowest BCUT2D eigenvalue weighted by atomic mass is 10.1. The predicted molar refractivity (Wildman–Crippen MR) is 109 cm³/mol. The zero-order valence-corrected chi connectivity index (χ0v) is 15.4. The summed E-state index contributed by atoms with van der Waals surface area (Å²) in [4.78, 5) is 12.5. The van der Waals surface area contributed by atoms with Crippen LogP contribution in [0.25, 0.3) is 11.8 Å². The SMILES string of the molecule is CCc1ccc(NC(=O)/C(C#N)=C/c2cc(C)n(-c3ccccc3)c2)cc1. The monoisotopic (exact) mass is 355 g/mol. The van der Waals surface area contributed by atoms with E-state index in [1.807, 2.05) is 84.4 Å². The zero-order chi connectivity index (χ0) is 19.2. The van der Waals surface area contributed by atoms with Crippen molar-refractivity contribution in [2.45, 2.75) is 20.3 Å². The predicted octanol–water partition coefficient (Wildman–Crippen LogP) is 4.89. The largest absolute Gasteiger partial charge is 0.321 e. The molecule has 3 rings (SSSR count). The van der Waals surface area contributed by atoms with Gasteiger partial charge in [0.25, 0.3) is 5.91 Å². The number of carbonyl (C=O) groups is 1. The molecule has 1 aromatic heterocycles. The number of rotatable bonds is 5. The van der Waals surface area contributed by atoms with Crippen LogP contribution in [0.15, 0.2) is 72.4 Å². The smallest absolute Gasteiger partial charge is 0.266 e. The van der Waals surface area contributed by atoms with E-state index in [0.717, 1.165) is 23.4 Å². The van der Waals surface area contributed by atoms with Crippen molar-refractivity contribution in [3.8, 4) is 11.8 Å². The number of aromatic nitrogens is 1. The summed E-state index contributed by atoms with van der Waals surface area (Å²) in [6, 6.07) is 21.5. The number of nitrogens with zero attached hydrogens (tertiary/aromatic N) is 2. The second-order valence-electron chi connectivity index (χ2n) is 6.29. The quantitative estimate of drug-likeness (QED) is 0.523. The number of anilines is 1. The second kappa shape index (κ2) is 8.20. The van der Waals surface area contributed by atoms with Gasteiger partial charge in [0.2, 0.25) is 0 Å². The third-order valence-corrected chi connectivity index (χ3v) is 4.36. The van der Waals surface area contributed by atoms with Gasteiger partial charge in [-0.25, -0.2) is 0 Å². The van der Waals surface area contributed by atoms with Crippen molar-refractivity contribution in [2.24, 2.45) is 0 Å². The van der Waals surface area contributed by atoms with Crippen molar-refractivity contribution in [1.29, 1.82) is 5.26 Å². The third-order valence-electron chi connectivity index (χ3n) is 4.36. The van der Waals surface area contributed by atoms with Crippen LogP contribution in [0.5, 0.6) is 0 Å². The Morgan fingerprint density at radius 3 is 2.48 bits per heavy atom. The summed E-state index contributed by atoms with van der Waals surface area (Å²) in [6.07, 6.45) is 4.48. The molecule has 0 unspecified atom stereocenters. The highest BCUT2D eigenvalue weighted by Crippen LogP contribution is 2.18. The van der Waals surface area contributed by atoms with Crippen molar-refractivity contribution < 1.29 is 4.79 Å². The van der Waals surface area contributed by atoms with Gasteiger partial charge in [0.05, 0.1) is 0 Å². The first-order chi connectivity index (χ1) is 13.1. The van der Waals surface area contributed by atoms with Gasteiger partial charge in [0, 0.05) is 23.3 Å². The molecule has 0 fully saturated rings. The summed E-state index contributed by atoms with van der Waals surface area (Å²) in [5.74, 6) is -0.410. The van der Waals surface area contributed by atoms with E-state index in [0.29, 0.717) is 5.69 Å². The third kappa shape index (κ3) is 4.34. The number of nitrogens with one attached hydrogen (secondary N) is 1. The van der Waals surface area contributed by atoms with Gasteiger partial charge in [-0.3, -0.25) is 4.79 Å². The van der Waals surface area contributed by atoms with E-state index in [4.69, 9.17) is 0 Å². The first kappa shape index (κ1) is 18.2. The summed E-state index contributed by atoms with van der Waals surface area (Å²) < 4.78 is 2.03. The normalized spacial score (nSPS) is 11.1.